The summed E-state index contributed by atoms with van der Waals surface area (Å²) in [5.74, 6) is -0.307. The van der Waals surface area contributed by atoms with Crippen molar-refractivity contribution >= 4 is 15.9 Å². The highest BCUT2D eigenvalue weighted by molar-refractivity contribution is 7.89. The van der Waals surface area contributed by atoms with Crippen molar-refractivity contribution in [3.8, 4) is 0 Å². The van der Waals surface area contributed by atoms with Crippen LogP contribution in [0, 0.1) is 0 Å². The second-order valence-electron chi connectivity index (χ2n) is 7.65. The SMILES string of the molecule is CC(C)NS(=O)(=O)c1cccc(C(=O)N[C@H](CN2CCOCC2)c2ccccc2)c1. The first kappa shape index (κ1) is 22.4. The van der Waals surface area contributed by atoms with Gasteiger partial charge in [-0.25, -0.2) is 13.1 Å². The topological polar surface area (TPSA) is 87.7 Å². The average Bonchev–Trinajstić information content (AvgIpc) is 2.74. The van der Waals surface area contributed by atoms with E-state index in [0.29, 0.717) is 25.3 Å². The fourth-order valence-electron chi connectivity index (χ4n) is 3.39. The molecule has 2 N–H and O–H groups in total. The van der Waals surface area contributed by atoms with E-state index in [4.69, 9.17) is 4.74 Å². The number of benzene rings is 2. The van der Waals surface area contributed by atoms with Crippen molar-refractivity contribution in [3.63, 3.8) is 0 Å². The molecule has 1 heterocycles. The van der Waals surface area contributed by atoms with E-state index in [0.717, 1.165) is 18.7 Å². The Morgan fingerprint density at radius 1 is 1.07 bits per heavy atom. The molecule has 1 amide bonds. The zero-order chi connectivity index (χ0) is 21.6. The van der Waals surface area contributed by atoms with Gasteiger partial charge in [0, 0.05) is 31.2 Å². The summed E-state index contributed by atoms with van der Waals surface area (Å²) in [6.07, 6.45) is 0. The Balaban J connectivity index is 1.79. The molecule has 0 spiro atoms. The van der Waals surface area contributed by atoms with E-state index in [9.17, 15) is 13.2 Å². The minimum absolute atomic E-state index is 0.0771. The van der Waals surface area contributed by atoms with Crippen LogP contribution < -0.4 is 10.0 Å². The van der Waals surface area contributed by atoms with Gasteiger partial charge in [-0.2, -0.15) is 0 Å². The molecular weight excluding hydrogens is 402 g/mol. The third kappa shape index (κ3) is 6.12. The van der Waals surface area contributed by atoms with E-state index in [1.54, 1.807) is 26.0 Å². The summed E-state index contributed by atoms with van der Waals surface area (Å²) < 4.78 is 32.9. The minimum atomic E-state index is -3.67. The molecule has 7 nitrogen and oxygen atoms in total. The molecule has 162 valence electrons. The van der Waals surface area contributed by atoms with Crippen molar-refractivity contribution in [1.29, 1.82) is 0 Å². The summed E-state index contributed by atoms with van der Waals surface area (Å²) >= 11 is 0. The first-order valence-electron chi connectivity index (χ1n) is 10.1. The molecule has 0 aliphatic carbocycles. The highest BCUT2D eigenvalue weighted by Gasteiger charge is 2.22. The van der Waals surface area contributed by atoms with Crippen LogP contribution >= 0.6 is 0 Å². The van der Waals surface area contributed by atoms with Crippen molar-refractivity contribution in [2.45, 2.75) is 30.8 Å². The zero-order valence-electron chi connectivity index (χ0n) is 17.4. The van der Waals surface area contributed by atoms with Gasteiger partial charge in [0.2, 0.25) is 10.0 Å². The molecule has 8 heteroatoms. The maximum absolute atomic E-state index is 13.0. The molecule has 0 radical (unpaired) electrons. The lowest BCUT2D eigenvalue weighted by Gasteiger charge is -2.31. The van der Waals surface area contributed by atoms with Crippen molar-refractivity contribution in [3.05, 3.63) is 65.7 Å². The minimum Gasteiger partial charge on any atom is -0.379 e. The Labute approximate surface area is 178 Å². The molecule has 30 heavy (non-hydrogen) atoms. The van der Waals surface area contributed by atoms with Crippen LogP contribution in [0.1, 0.15) is 35.8 Å². The zero-order valence-corrected chi connectivity index (χ0v) is 18.2. The van der Waals surface area contributed by atoms with Crippen LogP contribution in [-0.2, 0) is 14.8 Å². The Bertz CT molecular complexity index is 942. The van der Waals surface area contributed by atoms with Crippen LogP contribution in [0.15, 0.2) is 59.5 Å². The number of nitrogens with zero attached hydrogens (tertiary/aromatic N) is 1. The Kier molecular flexibility index (Phi) is 7.60. The molecule has 1 aliphatic rings. The number of morpholine rings is 1. The number of hydrogen-bond donors (Lipinski definition) is 2. The number of nitrogens with one attached hydrogen (secondary N) is 2. The van der Waals surface area contributed by atoms with Gasteiger partial charge < -0.3 is 10.1 Å². The van der Waals surface area contributed by atoms with Gasteiger partial charge in [-0.3, -0.25) is 9.69 Å². The maximum Gasteiger partial charge on any atom is 0.251 e. The third-order valence-corrected chi connectivity index (χ3v) is 6.51. The highest BCUT2D eigenvalue weighted by atomic mass is 32.2. The maximum atomic E-state index is 13.0. The predicted octanol–water partition coefficient (Wildman–Crippen LogP) is 2.18. The lowest BCUT2D eigenvalue weighted by Crippen LogP contribution is -2.43. The van der Waals surface area contributed by atoms with Crippen molar-refractivity contribution < 1.29 is 17.9 Å². The first-order chi connectivity index (χ1) is 14.3. The number of ether oxygens (including phenoxy) is 1. The van der Waals surface area contributed by atoms with Gasteiger partial charge in [0.05, 0.1) is 24.2 Å². The predicted molar refractivity (Wildman–Crippen MR) is 116 cm³/mol. The monoisotopic (exact) mass is 431 g/mol. The van der Waals surface area contributed by atoms with Gasteiger partial charge in [0.15, 0.2) is 0 Å². The fraction of sp³-hybridized carbons (Fsp3) is 0.409. The Morgan fingerprint density at radius 3 is 2.43 bits per heavy atom. The quantitative estimate of drug-likeness (QED) is 0.669. The summed E-state index contributed by atoms with van der Waals surface area (Å²) in [5, 5.41) is 3.08. The molecule has 0 saturated carbocycles. The van der Waals surface area contributed by atoms with Gasteiger partial charge in [0.1, 0.15) is 0 Å². The number of sulfonamides is 1. The van der Waals surface area contributed by atoms with Gasteiger partial charge in [-0.15, -0.1) is 0 Å². The first-order valence-corrected chi connectivity index (χ1v) is 11.6. The number of rotatable bonds is 8. The van der Waals surface area contributed by atoms with E-state index in [1.807, 2.05) is 30.3 Å². The molecule has 0 unspecified atom stereocenters. The van der Waals surface area contributed by atoms with Gasteiger partial charge in [-0.05, 0) is 37.6 Å². The number of carbonyl (C=O) groups is 1. The average molecular weight is 432 g/mol. The smallest absolute Gasteiger partial charge is 0.251 e. The molecule has 1 atom stereocenters. The van der Waals surface area contributed by atoms with Crippen molar-refractivity contribution in [1.82, 2.24) is 14.9 Å². The molecule has 1 saturated heterocycles. The largest absolute Gasteiger partial charge is 0.379 e. The molecule has 0 aromatic heterocycles. The van der Waals surface area contributed by atoms with Crippen molar-refractivity contribution in [2.24, 2.45) is 0 Å². The van der Waals surface area contributed by atoms with Crippen molar-refractivity contribution in [2.75, 3.05) is 32.8 Å². The molecule has 0 bridgehead atoms. The molecule has 2 aromatic carbocycles. The van der Waals surface area contributed by atoms with Crippen LogP contribution in [-0.4, -0.2) is 58.1 Å². The van der Waals surface area contributed by atoms with Gasteiger partial charge in [0.25, 0.3) is 5.91 Å². The normalized spacial score (nSPS) is 16.4. The second-order valence-corrected chi connectivity index (χ2v) is 9.37. The molecular formula is C22H29N3O4S. The second kappa shape index (κ2) is 10.2. The summed E-state index contributed by atoms with van der Waals surface area (Å²) in [7, 11) is -3.67. The summed E-state index contributed by atoms with van der Waals surface area (Å²) in [5.41, 5.74) is 1.31. The van der Waals surface area contributed by atoms with E-state index in [2.05, 4.69) is 14.9 Å². The third-order valence-electron chi connectivity index (χ3n) is 4.85. The molecule has 3 rings (SSSR count). The van der Waals surface area contributed by atoms with Crippen LogP contribution in [0.25, 0.3) is 0 Å². The summed E-state index contributed by atoms with van der Waals surface area (Å²) in [6, 6.07) is 15.5. The highest BCUT2D eigenvalue weighted by Crippen LogP contribution is 2.18. The Hall–Kier alpha value is -2.26. The van der Waals surface area contributed by atoms with E-state index in [-0.39, 0.29) is 22.9 Å². The van der Waals surface area contributed by atoms with E-state index in [1.165, 1.54) is 12.1 Å². The molecule has 2 aromatic rings. The van der Waals surface area contributed by atoms with E-state index < -0.39 is 10.0 Å². The Morgan fingerprint density at radius 2 is 1.77 bits per heavy atom. The van der Waals surface area contributed by atoms with Crippen LogP contribution in [0.3, 0.4) is 0 Å². The lowest BCUT2D eigenvalue weighted by atomic mass is 10.1. The molecule has 1 fully saturated rings. The molecule has 1 aliphatic heterocycles. The summed E-state index contributed by atoms with van der Waals surface area (Å²) in [4.78, 5) is 15.3. The number of amides is 1. The van der Waals surface area contributed by atoms with Crippen LogP contribution in [0.5, 0.6) is 0 Å². The summed E-state index contributed by atoms with van der Waals surface area (Å²) in [6.45, 7) is 7.15. The standard InChI is InChI=1S/C22H29N3O4S/c1-17(2)24-30(27,28)20-10-6-9-19(15-20)22(26)23-21(18-7-4-3-5-8-18)16-25-11-13-29-14-12-25/h3-10,15,17,21,24H,11-14,16H2,1-2H3,(H,23,26)/t21-/m1/s1. The van der Waals surface area contributed by atoms with Gasteiger partial charge in [-0.1, -0.05) is 36.4 Å². The number of hydrogen-bond acceptors (Lipinski definition) is 5. The lowest BCUT2D eigenvalue weighted by molar-refractivity contribution is 0.0332. The fourth-order valence-corrected chi connectivity index (χ4v) is 4.68. The van der Waals surface area contributed by atoms with E-state index >= 15 is 0 Å². The van der Waals surface area contributed by atoms with Crippen LogP contribution in [0.4, 0.5) is 0 Å². The van der Waals surface area contributed by atoms with Gasteiger partial charge >= 0.3 is 0 Å². The number of carbonyl (C=O) groups excluding carboxylic acids is 1. The van der Waals surface area contributed by atoms with Crippen LogP contribution in [0.2, 0.25) is 0 Å².